The van der Waals surface area contributed by atoms with Gasteiger partial charge in [0.1, 0.15) is 0 Å². The molecule has 18 heavy (non-hydrogen) atoms. The summed E-state index contributed by atoms with van der Waals surface area (Å²) in [5.41, 5.74) is 0. The third-order valence-electron chi connectivity index (χ3n) is 4.03. The Morgan fingerprint density at radius 1 is 1.28 bits per heavy atom. The lowest BCUT2D eigenvalue weighted by Gasteiger charge is -2.27. The summed E-state index contributed by atoms with van der Waals surface area (Å²) in [4.78, 5) is 16.4. The Morgan fingerprint density at radius 3 is 2.61 bits per heavy atom. The fraction of sp³-hybridized carbons (Fsp3) is 0.929. The van der Waals surface area contributed by atoms with Gasteiger partial charge in [0.25, 0.3) is 0 Å². The summed E-state index contributed by atoms with van der Waals surface area (Å²) < 4.78 is 0. The summed E-state index contributed by atoms with van der Waals surface area (Å²) in [6.45, 7) is 7.80. The first kappa shape index (κ1) is 13.8. The Hall–Kier alpha value is -0.610. The molecule has 4 heteroatoms. The number of carbonyl (C=O) groups is 1. The van der Waals surface area contributed by atoms with Gasteiger partial charge in [-0.05, 0) is 38.6 Å². The van der Waals surface area contributed by atoms with Crippen molar-refractivity contribution in [1.29, 1.82) is 0 Å². The summed E-state index contributed by atoms with van der Waals surface area (Å²) in [5.74, 6) is 0.282. The molecule has 0 aromatic carbocycles. The van der Waals surface area contributed by atoms with E-state index < -0.39 is 0 Å². The maximum Gasteiger partial charge on any atom is 0.236 e. The summed E-state index contributed by atoms with van der Waals surface area (Å²) in [6, 6.07) is 0.828. The van der Waals surface area contributed by atoms with Gasteiger partial charge in [0, 0.05) is 32.2 Å². The van der Waals surface area contributed by atoms with E-state index >= 15 is 0 Å². The second kappa shape index (κ2) is 7.10. The summed E-state index contributed by atoms with van der Waals surface area (Å²) >= 11 is 0. The SMILES string of the molecule is CCN(CCNCC(=O)N1CCCCC1)C1CC1. The lowest BCUT2D eigenvalue weighted by atomic mass is 10.1. The van der Waals surface area contributed by atoms with Crippen molar-refractivity contribution in [3.05, 3.63) is 0 Å². The number of nitrogens with one attached hydrogen (secondary N) is 1. The Labute approximate surface area is 111 Å². The van der Waals surface area contributed by atoms with Crippen LogP contribution in [0.2, 0.25) is 0 Å². The fourth-order valence-electron chi connectivity index (χ4n) is 2.71. The maximum atomic E-state index is 11.9. The van der Waals surface area contributed by atoms with Crippen molar-refractivity contribution in [1.82, 2.24) is 15.1 Å². The average Bonchev–Trinajstić information content (AvgIpc) is 3.24. The molecule has 0 aromatic rings. The zero-order valence-electron chi connectivity index (χ0n) is 11.7. The van der Waals surface area contributed by atoms with Gasteiger partial charge in [-0.3, -0.25) is 9.69 Å². The van der Waals surface area contributed by atoms with E-state index in [2.05, 4.69) is 17.1 Å². The van der Waals surface area contributed by atoms with Crippen LogP contribution in [0, 0.1) is 0 Å². The minimum atomic E-state index is 0.282. The molecular weight excluding hydrogens is 226 g/mol. The normalized spacial score (nSPS) is 20.4. The first-order valence-corrected chi connectivity index (χ1v) is 7.54. The number of carbonyl (C=O) groups excluding carboxylic acids is 1. The van der Waals surface area contributed by atoms with Crippen LogP contribution in [0.4, 0.5) is 0 Å². The van der Waals surface area contributed by atoms with E-state index in [9.17, 15) is 4.79 Å². The molecule has 1 aliphatic heterocycles. The van der Waals surface area contributed by atoms with Crippen LogP contribution in [-0.4, -0.2) is 61.0 Å². The van der Waals surface area contributed by atoms with E-state index in [4.69, 9.17) is 0 Å². The highest BCUT2D eigenvalue weighted by Crippen LogP contribution is 2.25. The lowest BCUT2D eigenvalue weighted by molar-refractivity contribution is -0.131. The molecule has 1 aliphatic carbocycles. The molecule has 2 aliphatic rings. The highest BCUT2D eigenvalue weighted by molar-refractivity contribution is 5.78. The summed E-state index contributed by atoms with van der Waals surface area (Å²) in [5, 5.41) is 3.30. The quantitative estimate of drug-likeness (QED) is 0.690. The average molecular weight is 253 g/mol. The Bertz CT molecular complexity index is 260. The highest BCUT2D eigenvalue weighted by atomic mass is 16.2. The number of likely N-dealkylation sites (N-methyl/N-ethyl adjacent to an activating group) is 1. The van der Waals surface area contributed by atoms with Crippen molar-refractivity contribution in [3.8, 4) is 0 Å². The molecule has 1 saturated heterocycles. The molecule has 104 valence electrons. The van der Waals surface area contributed by atoms with Crippen molar-refractivity contribution in [3.63, 3.8) is 0 Å². The third-order valence-corrected chi connectivity index (χ3v) is 4.03. The molecule has 2 rings (SSSR count). The van der Waals surface area contributed by atoms with E-state index in [1.807, 2.05) is 4.90 Å². The number of likely N-dealkylation sites (tertiary alicyclic amines) is 1. The number of hydrogen-bond acceptors (Lipinski definition) is 3. The van der Waals surface area contributed by atoms with Crippen molar-refractivity contribution in [2.75, 3.05) is 39.3 Å². The van der Waals surface area contributed by atoms with E-state index in [1.54, 1.807) is 0 Å². The molecule has 0 aromatic heterocycles. The van der Waals surface area contributed by atoms with Crippen LogP contribution in [0.5, 0.6) is 0 Å². The number of nitrogens with zero attached hydrogens (tertiary/aromatic N) is 2. The van der Waals surface area contributed by atoms with Crippen molar-refractivity contribution in [2.45, 2.75) is 45.1 Å². The van der Waals surface area contributed by atoms with Crippen molar-refractivity contribution >= 4 is 5.91 Å². The number of hydrogen-bond donors (Lipinski definition) is 1. The zero-order chi connectivity index (χ0) is 12.8. The Kier molecular flexibility index (Phi) is 5.45. The number of piperidine rings is 1. The van der Waals surface area contributed by atoms with E-state index in [0.717, 1.165) is 38.8 Å². The van der Waals surface area contributed by atoms with E-state index in [0.29, 0.717) is 6.54 Å². The van der Waals surface area contributed by atoms with Crippen LogP contribution in [0.3, 0.4) is 0 Å². The summed E-state index contributed by atoms with van der Waals surface area (Å²) in [6.07, 6.45) is 6.36. The molecule has 1 heterocycles. The molecule has 4 nitrogen and oxygen atoms in total. The molecule has 0 radical (unpaired) electrons. The minimum absolute atomic E-state index is 0.282. The van der Waals surface area contributed by atoms with Gasteiger partial charge in [-0.1, -0.05) is 6.92 Å². The second-order valence-electron chi connectivity index (χ2n) is 5.48. The molecule has 1 amide bonds. The maximum absolute atomic E-state index is 11.9. The van der Waals surface area contributed by atoms with E-state index in [1.165, 1.54) is 32.1 Å². The zero-order valence-corrected chi connectivity index (χ0v) is 11.7. The molecule has 0 unspecified atom stereocenters. The molecule has 0 spiro atoms. The van der Waals surface area contributed by atoms with Crippen LogP contribution in [0.15, 0.2) is 0 Å². The molecule has 0 atom stereocenters. The van der Waals surface area contributed by atoms with Crippen molar-refractivity contribution in [2.24, 2.45) is 0 Å². The van der Waals surface area contributed by atoms with Gasteiger partial charge in [0.05, 0.1) is 6.54 Å². The largest absolute Gasteiger partial charge is 0.342 e. The second-order valence-corrected chi connectivity index (χ2v) is 5.48. The summed E-state index contributed by atoms with van der Waals surface area (Å²) in [7, 11) is 0. The van der Waals surface area contributed by atoms with Gasteiger partial charge < -0.3 is 10.2 Å². The molecule has 2 fully saturated rings. The van der Waals surface area contributed by atoms with Crippen LogP contribution in [0.25, 0.3) is 0 Å². The van der Waals surface area contributed by atoms with Gasteiger partial charge in [-0.25, -0.2) is 0 Å². The topological polar surface area (TPSA) is 35.6 Å². The lowest BCUT2D eigenvalue weighted by Crippen LogP contribution is -2.43. The monoisotopic (exact) mass is 253 g/mol. The van der Waals surface area contributed by atoms with E-state index in [-0.39, 0.29) is 5.91 Å². The molecule has 1 saturated carbocycles. The van der Waals surface area contributed by atoms with Crippen LogP contribution in [0.1, 0.15) is 39.0 Å². The van der Waals surface area contributed by atoms with Crippen LogP contribution in [-0.2, 0) is 4.79 Å². The highest BCUT2D eigenvalue weighted by Gasteiger charge is 2.27. The first-order chi connectivity index (χ1) is 8.81. The number of rotatable bonds is 7. The third kappa shape index (κ3) is 4.25. The molecular formula is C14H27N3O. The predicted molar refractivity (Wildman–Crippen MR) is 73.6 cm³/mol. The fourth-order valence-corrected chi connectivity index (χ4v) is 2.71. The van der Waals surface area contributed by atoms with Gasteiger partial charge in [-0.15, -0.1) is 0 Å². The predicted octanol–water partition coefficient (Wildman–Crippen LogP) is 1.07. The first-order valence-electron chi connectivity index (χ1n) is 7.54. The Morgan fingerprint density at radius 2 is 2.00 bits per heavy atom. The number of amides is 1. The smallest absolute Gasteiger partial charge is 0.236 e. The van der Waals surface area contributed by atoms with Gasteiger partial charge in [0.15, 0.2) is 0 Å². The van der Waals surface area contributed by atoms with Gasteiger partial charge in [-0.2, -0.15) is 0 Å². The van der Waals surface area contributed by atoms with Gasteiger partial charge >= 0.3 is 0 Å². The van der Waals surface area contributed by atoms with Crippen LogP contribution >= 0.6 is 0 Å². The molecule has 0 bridgehead atoms. The standard InChI is InChI=1S/C14H27N3O/c1-2-16(13-6-7-13)11-8-15-12-14(18)17-9-4-3-5-10-17/h13,15H,2-12H2,1H3. The van der Waals surface area contributed by atoms with Crippen LogP contribution < -0.4 is 5.32 Å². The minimum Gasteiger partial charge on any atom is -0.342 e. The Balaban J connectivity index is 1.55. The molecule has 1 N–H and O–H groups in total. The van der Waals surface area contributed by atoms with Gasteiger partial charge in [0.2, 0.25) is 5.91 Å². The van der Waals surface area contributed by atoms with Crippen molar-refractivity contribution < 1.29 is 4.79 Å².